The van der Waals surface area contributed by atoms with Crippen LogP contribution in [0.3, 0.4) is 0 Å². The number of hydrogen-bond donors (Lipinski definition) is 2. The van der Waals surface area contributed by atoms with E-state index in [-0.39, 0.29) is 6.04 Å². The van der Waals surface area contributed by atoms with Crippen LogP contribution in [-0.4, -0.2) is 47.3 Å². The Kier molecular flexibility index (Phi) is 3.51. The fraction of sp³-hybridized carbons (Fsp3) is 0.333. The Morgan fingerprint density at radius 3 is 3.05 bits per heavy atom. The van der Waals surface area contributed by atoms with Crippen molar-refractivity contribution in [3.05, 3.63) is 30.5 Å². The van der Waals surface area contributed by atoms with E-state index in [2.05, 4.69) is 10.3 Å². The number of anilines is 1. The number of rotatable bonds is 3. The highest BCUT2D eigenvalue weighted by molar-refractivity contribution is 5.94. The summed E-state index contributed by atoms with van der Waals surface area (Å²) in [6.07, 6.45) is 1.66. The smallest absolute Gasteiger partial charge is 0.407 e. The minimum atomic E-state index is -0.870. The van der Waals surface area contributed by atoms with Gasteiger partial charge in [0, 0.05) is 30.7 Å². The van der Waals surface area contributed by atoms with Crippen molar-refractivity contribution in [1.29, 1.82) is 0 Å². The van der Waals surface area contributed by atoms with E-state index in [1.165, 1.54) is 4.90 Å². The standard InChI is InChI=1S/C15H17N3O3/c1-21-13-5-4-12-11(3-2-7-16-12)14(13)17-10-6-8-18(9-10)15(19)20/h2-5,7,10,17H,6,8-9H2,1H3,(H,19,20)/t10-/m0/s1. The minimum absolute atomic E-state index is 0.0841. The van der Waals surface area contributed by atoms with Gasteiger partial charge in [0.05, 0.1) is 18.3 Å². The molecule has 1 aliphatic rings. The van der Waals surface area contributed by atoms with Gasteiger partial charge in [-0.25, -0.2) is 4.79 Å². The van der Waals surface area contributed by atoms with Gasteiger partial charge in [-0.05, 0) is 30.7 Å². The van der Waals surface area contributed by atoms with Crippen LogP contribution in [0.4, 0.5) is 10.5 Å². The molecule has 1 aromatic carbocycles. The second-order valence-corrected chi connectivity index (χ2v) is 5.07. The molecule has 21 heavy (non-hydrogen) atoms. The van der Waals surface area contributed by atoms with Crippen LogP contribution in [0.15, 0.2) is 30.5 Å². The summed E-state index contributed by atoms with van der Waals surface area (Å²) in [7, 11) is 1.63. The molecule has 0 spiro atoms. The summed E-state index contributed by atoms with van der Waals surface area (Å²) in [5.74, 6) is 0.740. The SMILES string of the molecule is COc1ccc2ncccc2c1N[C@H]1CCN(C(=O)O)C1. The van der Waals surface area contributed by atoms with Crippen molar-refractivity contribution in [3.63, 3.8) is 0 Å². The van der Waals surface area contributed by atoms with Crippen LogP contribution >= 0.6 is 0 Å². The van der Waals surface area contributed by atoms with Gasteiger partial charge in [-0.3, -0.25) is 4.98 Å². The van der Waals surface area contributed by atoms with E-state index >= 15 is 0 Å². The van der Waals surface area contributed by atoms with Crippen LogP contribution in [0.1, 0.15) is 6.42 Å². The van der Waals surface area contributed by atoms with E-state index in [1.54, 1.807) is 13.3 Å². The largest absolute Gasteiger partial charge is 0.495 e. The maximum absolute atomic E-state index is 11.0. The van der Waals surface area contributed by atoms with Gasteiger partial charge in [-0.15, -0.1) is 0 Å². The first kappa shape index (κ1) is 13.5. The molecule has 0 bridgehead atoms. The number of hydrogen-bond acceptors (Lipinski definition) is 4. The van der Waals surface area contributed by atoms with Gasteiger partial charge in [0.25, 0.3) is 0 Å². The van der Waals surface area contributed by atoms with Crippen molar-refractivity contribution >= 4 is 22.7 Å². The predicted molar refractivity (Wildman–Crippen MR) is 79.9 cm³/mol. The molecule has 2 heterocycles. The first-order valence-electron chi connectivity index (χ1n) is 6.85. The lowest BCUT2D eigenvalue weighted by molar-refractivity contribution is 0.155. The van der Waals surface area contributed by atoms with Crippen LogP contribution in [0, 0.1) is 0 Å². The molecule has 2 N–H and O–H groups in total. The van der Waals surface area contributed by atoms with E-state index in [9.17, 15) is 4.79 Å². The van der Waals surface area contributed by atoms with Crippen LogP contribution in [-0.2, 0) is 0 Å². The molecule has 6 heteroatoms. The number of fused-ring (bicyclic) bond motifs is 1. The Bertz CT molecular complexity index is 674. The van der Waals surface area contributed by atoms with Gasteiger partial charge >= 0.3 is 6.09 Å². The molecular formula is C15H17N3O3. The van der Waals surface area contributed by atoms with E-state index in [0.29, 0.717) is 13.1 Å². The quantitative estimate of drug-likeness (QED) is 0.906. The third kappa shape index (κ3) is 2.56. The zero-order chi connectivity index (χ0) is 14.8. The number of ether oxygens (including phenoxy) is 1. The van der Waals surface area contributed by atoms with Crippen molar-refractivity contribution in [2.24, 2.45) is 0 Å². The Labute approximate surface area is 122 Å². The second kappa shape index (κ2) is 5.47. The number of nitrogens with one attached hydrogen (secondary N) is 1. The molecule has 1 atom stereocenters. The molecule has 1 amide bonds. The average molecular weight is 287 g/mol. The molecule has 0 saturated carbocycles. The lowest BCUT2D eigenvalue weighted by Crippen LogP contribution is -2.30. The number of nitrogens with zero attached hydrogens (tertiary/aromatic N) is 2. The molecule has 1 fully saturated rings. The molecule has 6 nitrogen and oxygen atoms in total. The van der Waals surface area contributed by atoms with Crippen LogP contribution in [0.25, 0.3) is 10.9 Å². The molecule has 1 saturated heterocycles. The van der Waals surface area contributed by atoms with Crippen molar-refractivity contribution in [1.82, 2.24) is 9.88 Å². The predicted octanol–water partition coefficient (Wildman–Crippen LogP) is 2.41. The van der Waals surface area contributed by atoms with Gasteiger partial charge in [0.1, 0.15) is 5.75 Å². The summed E-state index contributed by atoms with van der Waals surface area (Å²) in [6, 6.07) is 7.74. The molecule has 2 aromatic rings. The third-order valence-electron chi connectivity index (χ3n) is 3.77. The fourth-order valence-corrected chi connectivity index (χ4v) is 2.71. The number of amides is 1. The lowest BCUT2D eigenvalue weighted by atomic mass is 10.1. The highest BCUT2D eigenvalue weighted by atomic mass is 16.5. The van der Waals surface area contributed by atoms with E-state index < -0.39 is 6.09 Å². The summed E-state index contributed by atoms with van der Waals surface area (Å²) in [5, 5.41) is 13.4. The average Bonchev–Trinajstić information content (AvgIpc) is 2.96. The van der Waals surface area contributed by atoms with Crippen molar-refractivity contribution in [3.8, 4) is 5.75 Å². The van der Waals surface area contributed by atoms with Gasteiger partial charge in [0.2, 0.25) is 0 Å². The molecule has 0 radical (unpaired) electrons. The number of carbonyl (C=O) groups is 1. The number of carboxylic acid groups (broad SMARTS) is 1. The molecule has 0 aliphatic carbocycles. The summed E-state index contributed by atoms with van der Waals surface area (Å²) in [4.78, 5) is 16.8. The zero-order valence-electron chi connectivity index (χ0n) is 11.7. The van der Waals surface area contributed by atoms with Crippen molar-refractivity contribution < 1.29 is 14.6 Å². The van der Waals surface area contributed by atoms with Gasteiger partial charge in [0.15, 0.2) is 0 Å². The Balaban J connectivity index is 1.91. The fourth-order valence-electron chi connectivity index (χ4n) is 2.71. The third-order valence-corrected chi connectivity index (χ3v) is 3.77. The molecule has 110 valence electrons. The molecule has 1 aliphatic heterocycles. The molecule has 1 aromatic heterocycles. The number of benzene rings is 1. The van der Waals surface area contributed by atoms with E-state index in [0.717, 1.165) is 28.8 Å². The Morgan fingerprint density at radius 1 is 1.48 bits per heavy atom. The minimum Gasteiger partial charge on any atom is -0.495 e. The molecule has 3 rings (SSSR count). The van der Waals surface area contributed by atoms with Crippen LogP contribution < -0.4 is 10.1 Å². The topological polar surface area (TPSA) is 74.7 Å². The molecular weight excluding hydrogens is 270 g/mol. The summed E-state index contributed by atoms with van der Waals surface area (Å²) >= 11 is 0. The summed E-state index contributed by atoms with van der Waals surface area (Å²) in [5.41, 5.74) is 1.76. The first-order chi connectivity index (χ1) is 10.2. The maximum Gasteiger partial charge on any atom is 0.407 e. The maximum atomic E-state index is 11.0. The van der Waals surface area contributed by atoms with Crippen LogP contribution in [0.2, 0.25) is 0 Å². The normalized spacial score (nSPS) is 18.0. The lowest BCUT2D eigenvalue weighted by Gasteiger charge is -2.18. The Morgan fingerprint density at radius 2 is 2.33 bits per heavy atom. The van der Waals surface area contributed by atoms with E-state index in [1.807, 2.05) is 24.3 Å². The number of aromatic nitrogens is 1. The van der Waals surface area contributed by atoms with Gasteiger partial charge in [-0.2, -0.15) is 0 Å². The number of methoxy groups -OCH3 is 1. The highest BCUT2D eigenvalue weighted by Crippen LogP contribution is 2.33. The zero-order valence-corrected chi connectivity index (χ0v) is 11.7. The highest BCUT2D eigenvalue weighted by Gasteiger charge is 2.26. The summed E-state index contributed by atoms with van der Waals surface area (Å²) in [6.45, 7) is 1.04. The number of pyridine rings is 1. The van der Waals surface area contributed by atoms with Crippen LogP contribution in [0.5, 0.6) is 5.75 Å². The van der Waals surface area contributed by atoms with E-state index in [4.69, 9.17) is 9.84 Å². The monoisotopic (exact) mass is 287 g/mol. The van der Waals surface area contributed by atoms with Crippen molar-refractivity contribution in [2.75, 3.05) is 25.5 Å². The number of likely N-dealkylation sites (tertiary alicyclic amines) is 1. The summed E-state index contributed by atoms with van der Waals surface area (Å²) < 4.78 is 5.42. The Hall–Kier alpha value is -2.50. The van der Waals surface area contributed by atoms with Gasteiger partial charge < -0.3 is 20.1 Å². The van der Waals surface area contributed by atoms with Crippen molar-refractivity contribution in [2.45, 2.75) is 12.5 Å². The second-order valence-electron chi connectivity index (χ2n) is 5.07. The first-order valence-corrected chi connectivity index (χ1v) is 6.85. The molecule has 0 unspecified atom stereocenters. The van der Waals surface area contributed by atoms with Gasteiger partial charge in [-0.1, -0.05) is 0 Å².